The number of likely N-dealkylation sites (tertiary alicyclic amines) is 1. The predicted molar refractivity (Wildman–Crippen MR) is 117 cm³/mol. The Bertz CT molecular complexity index is 839. The maximum absolute atomic E-state index is 10.9. The molecule has 3 rings (SSSR count). The van der Waals surface area contributed by atoms with Crippen LogP contribution in [0.2, 0.25) is 5.02 Å². The van der Waals surface area contributed by atoms with Crippen LogP contribution in [0.15, 0.2) is 54.6 Å². The van der Waals surface area contributed by atoms with Crippen molar-refractivity contribution < 1.29 is 14.6 Å². The van der Waals surface area contributed by atoms with Gasteiger partial charge in [-0.25, -0.2) is 0 Å². The highest BCUT2D eigenvalue weighted by atomic mass is 35.5. The minimum absolute atomic E-state index is 0.206. The normalized spacial score (nSPS) is 16.3. The Kier molecular flexibility index (Phi) is 7.34. The molecule has 1 atom stereocenters. The molecule has 2 aromatic carbocycles. The first-order valence-corrected chi connectivity index (χ1v) is 10.4. The number of hydrogen-bond acceptors (Lipinski definition) is 3. The quantitative estimate of drug-likeness (QED) is 0.627. The SMILES string of the molecule is C/C(=C/CN1CC(C(=O)O)C1)c1ccc(OC[C@@H](C)Cc2ccc(Cl)cc2)cc1. The minimum atomic E-state index is -0.694. The molecular weight excluding hydrogens is 386 g/mol. The van der Waals surface area contributed by atoms with Crippen LogP contribution in [-0.4, -0.2) is 42.2 Å². The van der Waals surface area contributed by atoms with Gasteiger partial charge in [0.15, 0.2) is 0 Å². The molecule has 1 N–H and O–H groups in total. The number of carbonyl (C=O) groups is 1. The highest BCUT2D eigenvalue weighted by molar-refractivity contribution is 6.30. The Labute approximate surface area is 177 Å². The monoisotopic (exact) mass is 413 g/mol. The molecule has 1 saturated heterocycles. The zero-order valence-electron chi connectivity index (χ0n) is 17.0. The van der Waals surface area contributed by atoms with Gasteiger partial charge >= 0.3 is 5.97 Å². The number of allylic oxidation sites excluding steroid dienone is 1. The van der Waals surface area contributed by atoms with Crippen LogP contribution in [0, 0.1) is 11.8 Å². The Morgan fingerprint density at radius 1 is 1.21 bits per heavy atom. The van der Waals surface area contributed by atoms with Gasteiger partial charge in [0.25, 0.3) is 0 Å². The maximum Gasteiger partial charge on any atom is 0.309 e. The van der Waals surface area contributed by atoms with Crippen molar-refractivity contribution in [3.63, 3.8) is 0 Å². The summed E-state index contributed by atoms with van der Waals surface area (Å²) in [6.07, 6.45) is 3.11. The third-order valence-corrected chi connectivity index (χ3v) is 5.56. The Hall–Kier alpha value is -2.30. The van der Waals surface area contributed by atoms with E-state index in [2.05, 4.69) is 49.1 Å². The molecule has 0 amide bonds. The van der Waals surface area contributed by atoms with Gasteiger partial charge in [-0.2, -0.15) is 0 Å². The molecule has 0 aliphatic carbocycles. The number of rotatable bonds is 9. The average Bonchev–Trinajstić information content (AvgIpc) is 2.67. The van der Waals surface area contributed by atoms with E-state index >= 15 is 0 Å². The summed E-state index contributed by atoms with van der Waals surface area (Å²) in [6, 6.07) is 16.1. The topological polar surface area (TPSA) is 49.8 Å². The summed E-state index contributed by atoms with van der Waals surface area (Å²) in [5.74, 6) is 0.377. The smallest absolute Gasteiger partial charge is 0.309 e. The van der Waals surface area contributed by atoms with E-state index in [0.29, 0.717) is 25.6 Å². The van der Waals surface area contributed by atoms with E-state index in [9.17, 15) is 4.79 Å². The fourth-order valence-electron chi connectivity index (χ4n) is 3.39. The van der Waals surface area contributed by atoms with E-state index in [-0.39, 0.29) is 5.92 Å². The second kappa shape index (κ2) is 9.95. The highest BCUT2D eigenvalue weighted by Crippen LogP contribution is 2.21. The number of nitrogens with zero attached hydrogens (tertiary/aromatic N) is 1. The van der Waals surface area contributed by atoms with Crippen molar-refractivity contribution in [3.05, 3.63) is 70.8 Å². The van der Waals surface area contributed by atoms with Crippen LogP contribution in [-0.2, 0) is 11.2 Å². The van der Waals surface area contributed by atoms with Crippen molar-refractivity contribution in [1.29, 1.82) is 0 Å². The van der Waals surface area contributed by atoms with Crippen LogP contribution in [0.25, 0.3) is 5.57 Å². The molecule has 0 saturated carbocycles. The molecule has 1 aliphatic heterocycles. The molecular formula is C24H28ClNO3. The fraction of sp³-hybridized carbons (Fsp3) is 0.375. The minimum Gasteiger partial charge on any atom is -0.493 e. The summed E-state index contributed by atoms with van der Waals surface area (Å²) < 4.78 is 5.95. The number of benzene rings is 2. The lowest BCUT2D eigenvalue weighted by Crippen LogP contribution is -2.50. The molecule has 4 nitrogen and oxygen atoms in total. The number of carboxylic acid groups (broad SMARTS) is 1. The van der Waals surface area contributed by atoms with Crippen LogP contribution in [0.5, 0.6) is 5.75 Å². The van der Waals surface area contributed by atoms with Gasteiger partial charge in [-0.05, 0) is 60.2 Å². The molecule has 1 fully saturated rings. The first-order chi connectivity index (χ1) is 13.9. The Balaban J connectivity index is 1.44. The lowest BCUT2D eigenvalue weighted by molar-refractivity contribution is -0.147. The van der Waals surface area contributed by atoms with Crippen molar-refractivity contribution in [3.8, 4) is 5.75 Å². The zero-order valence-corrected chi connectivity index (χ0v) is 17.7. The summed E-state index contributed by atoms with van der Waals surface area (Å²) in [5.41, 5.74) is 3.60. The van der Waals surface area contributed by atoms with Gasteiger partial charge in [0, 0.05) is 24.7 Å². The molecule has 1 aliphatic rings. The lowest BCUT2D eigenvalue weighted by Gasteiger charge is -2.35. The summed E-state index contributed by atoms with van der Waals surface area (Å²) >= 11 is 5.93. The number of carboxylic acids is 1. The number of halogens is 1. The van der Waals surface area contributed by atoms with Gasteiger partial charge in [0.1, 0.15) is 5.75 Å². The van der Waals surface area contributed by atoms with Crippen LogP contribution in [0.1, 0.15) is 25.0 Å². The van der Waals surface area contributed by atoms with Gasteiger partial charge < -0.3 is 9.84 Å². The molecule has 0 radical (unpaired) electrons. The van der Waals surface area contributed by atoms with E-state index in [1.165, 1.54) is 11.1 Å². The van der Waals surface area contributed by atoms with Crippen LogP contribution >= 0.6 is 11.6 Å². The molecule has 0 aromatic heterocycles. The number of aliphatic carboxylic acids is 1. The lowest BCUT2D eigenvalue weighted by atomic mass is 10.00. The maximum atomic E-state index is 10.9. The largest absolute Gasteiger partial charge is 0.493 e. The van der Waals surface area contributed by atoms with Gasteiger partial charge in [-0.15, -0.1) is 0 Å². The molecule has 5 heteroatoms. The second-order valence-electron chi connectivity index (χ2n) is 7.91. The third-order valence-electron chi connectivity index (χ3n) is 5.30. The van der Waals surface area contributed by atoms with Gasteiger partial charge in [0.2, 0.25) is 0 Å². The van der Waals surface area contributed by atoms with Crippen molar-refractivity contribution in [2.45, 2.75) is 20.3 Å². The van der Waals surface area contributed by atoms with Gasteiger partial charge in [-0.3, -0.25) is 9.69 Å². The third kappa shape index (κ3) is 6.34. The van der Waals surface area contributed by atoms with Gasteiger partial charge in [-0.1, -0.05) is 48.9 Å². The van der Waals surface area contributed by atoms with E-state index < -0.39 is 5.97 Å². The molecule has 0 unspecified atom stereocenters. The van der Waals surface area contributed by atoms with Crippen molar-refractivity contribution in [1.82, 2.24) is 4.90 Å². The molecule has 1 heterocycles. The second-order valence-corrected chi connectivity index (χ2v) is 8.35. The summed E-state index contributed by atoms with van der Waals surface area (Å²) in [5, 5.41) is 9.70. The Morgan fingerprint density at radius 3 is 2.48 bits per heavy atom. The first-order valence-electron chi connectivity index (χ1n) is 10.0. The molecule has 0 spiro atoms. The van der Waals surface area contributed by atoms with Crippen molar-refractivity contribution >= 4 is 23.1 Å². The summed E-state index contributed by atoms with van der Waals surface area (Å²) in [4.78, 5) is 13.0. The summed E-state index contributed by atoms with van der Waals surface area (Å²) in [7, 11) is 0. The first kappa shape index (κ1) is 21.4. The Morgan fingerprint density at radius 2 is 1.86 bits per heavy atom. The van der Waals surface area contributed by atoms with E-state index in [0.717, 1.165) is 29.3 Å². The number of ether oxygens (including phenoxy) is 1. The molecule has 0 bridgehead atoms. The van der Waals surface area contributed by atoms with Crippen molar-refractivity contribution in [2.24, 2.45) is 11.8 Å². The molecule has 2 aromatic rings. The highest BCUT2D eigenvalue weighted by Gasteiger charge is 2.31. The van der Waals surface area contributed by atoms with E-state index in [1.54, 1.807) is 0 Å². The fourth-order valence-corrected chi connectivity index (χ4v) is 3.52. The summed E-state index contributed by atoms with van der Waals surface area (Å²) in [6.45, 7) is 6.99. The van der Waals surface area contributed by atoms with E-state index in [1.807, 2.05) is 24.3 Å². The van der Waals surface area contributed by atoms with Crippen LogP contribution in [0.3, 0.4) is 0 Å². The van der Waals surface area contributed by atoms with Gasteiger partial charge in [0.05, 0.1) is 12.5 Å². The standard InChI is InChI=1S/C24H28ClNO3/c1-17(13-19-3-7-22(25)8-4-19)16-29-23-9-5-20(6-10-23)18(2)11-12-26-14-21(15-26)24(27)28/h3-11,17,21H,12-16H2,1-2H3,(H,27,28)/b18-11-/t17-/m0/s1. The number of hydrogen-bond donors (Lipinski definition) is 1. The van der Waals surface area contributed by atoms with Crippen LogP contribution < -0.4 is 4.74 Å². The molecule has 154 valence electrons. The molecule has 29 heavy (non-hydrogen) atoms. The average molecular weight is 414 g/mol. The van der Waals surface area contributed by atoms with E-state index in [4.69, 9.17) is 21.4 Å². The van der Waals surface area contributed by atoms with Crippen LogP contribution in [0.4, 0.5) is 0 Å². The predicted octanol–water partition coefficient (Wildman–Crippen LogP) is 5.02. The zero-order chi connectivity index (χ0) is 20.8. The van der Waals surface area contributed by atoms with Crippen molar-refractivity contribution in [2.75, 3.05) is 26.2 Å².